The zero-order valence-electron chi connectivity index (χ0n) is 13.1. The van der Waals surface area contributed by atoms with E-state index in [4.69, 9.17) is 21.1 Å². The predicted molar refractivity (Wildman–Crippen MR) is 86.4 cm³/mol. The van der Waals surface area contributed by atoms with E-state index in [-0.39, 0.29) is 17.8 Å². The highest BCUT2D eigenvalue weighted by Gasteiger charge is 2.37. The van der Waals surface area contributed by atoms with Gasteiger partial charge in [-0.05, 0) is 44.0 Å². The van der Waals surface area contributed by atoms with Gasteiger partial charge in [-0.1, -0.05) is 11.6 Å². The molecule has 0 aromatic heterocycles. The van der Waals surface area contributed by atoms with Gasteiger partial charge in [0.25, 0.3) is 0 Å². The number of hydrogen-bond donors (Lipinski definition) is 1. The van der Waals surface area contributed by atoms with E-state index < -0.39 is 0 Å². The summed E-state index contributed by atoms with van der Waals surface area (Å²) in [6.07, 6.45) is 2.66. The lowest BCUT2D eigenvalue weighted by molar-refractivity contribution is -0.0634. The van der Waals surface area contributed by atoms with Gasteiger partial charge in [-0.2, -0.15) is 0 Å². The van der Waals surface area contributed by atoms with Gasteiger partial charge in [-0.15, -0.1) is 0 Å². The molecule has 128 valence electrons. The van der Waals surface area contributed by atoms with Crippen LogP contribution in [-0.4, -0.2) is 55.1 Å². The van der Waals surface area contributed by atoms with Gasteiger partial charge < -0.3 is 14.6 Å². The Morgan fingerprint density at radius 1 is 1.39 bits per heavy atom. The van der Waals surface area contributed by atoms with Crippen LogP contribution in [0.2, 0.25) is 5.02 Å². The lowest BCUT2D eigenvalue weighted by atomic mass is 9.89. The van der Waals surface area contributed by atoms with Crippen molar-refractivity contribution < 1.29 is 19.0 Å². The molecule has 2 heterocycles. The van der Waals surface area contributed by atoms with Crippen LogP contribution in [0.3, 0.4) is 0 Å². The number of aliphatic hydroxyl groups excluding tert-OH is 1. The summed E-state index contributed by atoms with van der Waals surface area (Å²) in [7, 11) is 0. The van der Waals surface area contributed by atoms with Gasteiger partial charge >= 0.3 is 0 Å². The van der Waals surface area contributed by atoms with Crippen molar-refractivity contribution in [2.75, 3.05) is 32.9 Å². The fraction of sp³-hybridized carbons (Fsp3) is 0.647. The van der Waals surface area contributed by atoms with Gasteiger partial charge in [0.1, 0.15) is 18.2 Å². The van der Waals surface area contributed by atoms with E-state index in [1.165, 1.54) is 12.1 Å². The molecule has 3 atom stereocenters. The number of rotatable bonds is 5. The van der Waals surface area contributed by atoms with Crippen molar-refractivity contribution in [3.63, 3.8) is 0 Å². The highest BCUT2D eigenvalue weighted by atomic mass is 35.5. The Kier molecular flexibility index (Phi) is 5.75. The Morgan fingerprint density at radius 2 is 2.26 bits per heavy atom. The summed E-state index contributed by atoms with van der Waals surface area (Å²) in [5.74, 6) is 0.318. The van der Waals surface area contributed by atoms with Crippen molar-refractivity contribution in [1.29, 1.82) is 0 Å². The first-order valence-electron chi connectivity index (χ1n) is 8.23. The molecule has 0 bridgehead atoms. The van der Waals surface area contributed by atoms with Crippen LogP contribution in [0.15, 0.2) is 18.2 Å². The summed E-state index contributed by atoms with van der Waals surface area (Å²) in [6.45, 7) is 3.55. The Balaban J connectivity index is 1.52. The molecular weight excluding hydrogens is 321 g/mol. The zero-order chi connectivity index (χ0) is 16.2. The minimum absolute atomic E-state index is 0.181. The fourth-order valence-electron chi connectivity index (χ4n) is 3.60. The number of benzene rings is 1. The highest BCUT2D eigenvalue weighted by molar-refractivity contribution is 6.32. The van der Waals surface area contributed by atoms with Crippen molar-refractivity contribution in [2.45, 2.75) is 31.4 Å². The lowest BCUT2D eigenvalue weighted by Crippen LogP contribution is -2.47. The average Bonchev–Trinajstić information content (AvgIpc) is 2.98. The first-order valence-corrected chi connectivity index (χ1v) is 8.60. The summed E-state index contributed by atoms with van der Waals surface area (Å²) in [6, 6.07) is 4.50. The monoisotopic (exact) mass is 343 g/mol. The van der Waals surface area contributed by atoms with Crippen LogP contribution in [0.1, 0.15) is 19.3 Å². The van der Waals surface area contributed by atoms with Crippen LogP contribution in [-0.2, 0) is 4.74 Å². The molecule has 0 spiro atoms. The van der Waals surface area contributed by atoms with Crippen molar-refractivity contribution in [3.05, 3.63) is 29.0 Å². The first kappa shape index (κ1) is 17.0. The quantitative estimate of drug-likeness (QED) is 0.892. The number of ether oxygens (including phenoxy) is 2. The Labute approximate surface area is 141 Å². The molecule has 3 rings (SSSR count). The lowest BCUT2D eigenvalue weighted by Gasteiger charge is -2.37. The van der Waals surface area contributed by atoms with Gasteiger partial charge in [0.2, 0.25) is 0 Å². The van der Waals surface area contributed by atoms with Crippen LogP contribution < -0.4 is 4.74 Å². The largest absolute Gasteiger partial charge is 0.491 e. The Bertz CT molecular complexity index is 531. The molecule has 0 unspecified atom stereocenters. The molecule has 0 saturated carbocycles. The van der Waals surface area contributed by atoms with Crippen LogP contribution in [0, 0.1) is 11.7 Å². The van der Waals surface area contributed by atoms with Gasteiger partial charge in [-0.25, -0.2) is 4.39 Å². The molecule has 1 aromatic carbocycles. The molecule has 4 nitrogen and oxygen atoms in total. The van der Waals surface area contributed by atoms with Crippen molar-refractivity contribution >= 4 is 11.6 Å². The SMILES string of the molecule is O[C@@H]1CCOC[C@H]1[C@H]1CCCN1CCOc1ccc(F)cc1Cl. The normalized spacial score (nSPS) is 28.9. The molecule has 2 aliphatic rings. The van der Waals surface area contributed by atoms with Gasteiger partial charge in [0.05, 0.1) is 17.7 Å². The maximum absolute atomic E-state index is 13.0. The second-order valence-corrected chi connectivity index (χ2v) is 6.67. The van der Waals surface area contributed by atoms with E-state index in [1.807, 2.05) is 0 Å². The zero-order valence-corrected chi connectivity index (χ0v) is 13.8. The topological polar surface area (TPSA) is 41.9 Å². The fourth-order valence-corrected chi connectivity index (χ4v) is 3.82. The molecule has 0 aliphatic carbocycles. The van der Waals surface area contributed by atoms with E-state index in [0.717, 1.165) is 32.4 Å². The predicted octanol–water partition coefficient (Wildman–Crippen LogP) is 2.72. The third-order valence-electron chi connectivity index (χ3n) is 4.80. The molecule has 1 aromatic rings. The molecule has 2 aliphatic heterocycles. The summed E-state index contributed by atoms with van der Waals surface area (Å²) in [5, 5.41) is 10.5. The third kappa shape index (κ3) is 4.15. The molecule has 0 amide bonds. The van der Waals surface area contributed by atoms with Crippen LogP contribution >= 0.6 is 11.6 Å². The van der Waals surface area contributed by atoms with Crippen molar-refractivity contribution in [2.24, 2.45) is 5.92 Å². The minimum atomic E-state index is -0.367. The van der Waals surface area contributed by atoms with Crippen molar-refractivity contribution in [3.8, 4) is 5.75 Å². The smallest absolute Gasteiger partial charge is 0.138 e. The standard InChI is InChI=1S/C17H23ClFNO3/c18-14-10-12(19)3-4-17(14)23-9-7-20-6-1-2-15(20)13-11-22-8-5-16(13)21/h3-4,10,13,15-16,21H,1-2,5-9,11H2/t13-,15+,16+/m0/s1. The average molecular weight is 344 g/mol. The number of hydrogen-bond acceptors (Lipinski definition) is 4. The summed E-state index contributed by atoms with van der Waals surface area (Å²) in [5.41, 5.74) is 0. The second-order valence-electron chi connectivity index (χ2n) is 6.26. The number of aliphatic hydroxyl groups is 1. The third-order valence-corrected chi connectivity index (χ3v) is 5.10. The molecular formula is C17H23ClFNO3. The number of halogens is 2. The summed E-state index contributed by atoms with van der Waals surface area (Å²) < 4.78 is 24.3. The van der Waals surface area contributed by atoms with Crippen LogP contribution in [0.4, 0.5) is 4.39 Å². The maximum atomic E-state index is 13.0. The number of likely N-dealkylation sites (tertiary alicyclic amines) is 1. The van der Waals surface area contributed by atoms with E-state index >= 15 is 0 Å². The summed E-state index contributed by atoms with van der Waals surface area (Å²) in [4.78, 5) is 2.36. The van der Waals surface area contributed by atoms with Gasteiger partial charge in [-0.3, -0.25) is 4.90 Å². The molecule has 0 radical (unpaired) electrons. The molecule has 1 N–H and O–H groups in total. The van der Waals surface area contributed by atoms with E-state index in [2.05, 4.69) is 4.90 Å². The first-order chi connectivity index (χ1) is 11.1. The van der Waals surface area contributed by atoms with E-state index in [1.54, 1.807) is 6.07 Å². The molecule has 6 heteroatoms. The van der Waals surface area contributed by atoms with Crippen molar-refractivity contribution in [1.82, 2.24) is 4.90 Å². The Hall–Kier alpha value is -0.880. The minimum Gasteiger partial charge on any atom is -0.491 e. The molecule has 2 saturated heterocycles. The maximum Gasteiger partial charge on any atom is 0.138 e. The van der Waals surface area contributed by atoms with E-state index in [0.29, 0.717) is 36.6 Å². The van der Waals surface area contributed by atoms with Crippen LogP contribution in [0.25, 0.3) is 0 Å². The molecule has 23 heavy (non-hydrogen) atoms. The van der Waals surface area contributed by atoms with Crippen LogP contribution in [0.5, 0.6) is 5.75 Å². The highest BCUT2D eigenvalue weighted by Crippen LogP contribution is 2.30. The molecule has 2 fully saturated rings. The van der Waals surface area contributed by atoms with Gasteiger partial charge in [0, 0.05) is 25.1 Å². The number of nitrogens with zero attached hydrogens (tertiary/aromatic N) is 1. The van der Waals surface area contributed by atoms with E-state index in [9.17, 15) is 9.50 Å². The second kappa shape index (κ2) is 7.79. The Morgan fingerprint density at radius 3 is 3.04 bits per heavy atom. The van der Waals surface area contributed by atoms with Gasteiger partial charge in [0.15, 0.2) is 0 Å². The summed E-state index contributed by atoms with van der Waals surface area (Å²) >= 11 is 5.97.